The lowest BCUT2D eigenvalue weighted by atomic mass is 10.2. The summed E-state index contributed by atoms with van der Waals surface area (Å²) in [5.74, 6) is -0.209. The molecule has 0 unspecified atom stereocenters. The van der Waals surface area contributed by atoms with Crippen molar-refractivity contribution in [3.05, 3.63) is 69.1 Å². The average Bonchev–Trinajstić information content (AvgIpc) is 2.57. The van der Waals surface area contributed by atoms with Gasteiger partial charge in [0.05, 0.1) is 6.07 Å². The number of benzene rings is 1. The number of carbonyl (C=O) groups excluding carboxylic acids is 1. The van der Waals surface area contributed by atoms with E-state index in [4.69, 9.17) is 21.1 Å². The predicted octanol–water partition coefficient (Wildman–Crippen LogP) is 2.95. The summed E-state index contributed by atoms with van der Waals surface area (Å²) in [4.78, 5) is 28.2. The third kappa shape index (κ3) is 3.80. The van der Waals surface area contributed by atoms with Crippen molar-refractivity contribution in [3.63, 3.8) is 0 Å². The second-order valence-corrected chi connectivity index (χ2v) is 5.90. The molecule has 25 heavy (non-hydrogen) atoms. The fourth-order valence-corrected chi connectivity index (χ4v) is 2.41. The summed E-state index contributed by atoms with van der Waals surface area (Å²) < 4.78 is 11.9. The predicted molar refractivity (Wildman–Crippen MR) is 93.5 cm³/mol. The van der Waals surface area contributed by atoms with E-state index in [0.717, 1.165) is 17.2 Å². The van der Waals surface area contributed by atoms with E-state index in [1.165, 1.54) is 4.40 Å². The summed E-state index contributed by atoms with van der Waals surface area (Å²) in [6.45, 7) is 3.34. The van der Waals surface area contributed by atoms with Gasteiger partial charge in [0.1, 0.15) is 11.4 Å². The molecule has 2 aromatic heterocycles. The Morgan fingerprint density at radius 2 is 2.00 bits per heavy atom. The largest absolute Gasteiger partial charge is 0.482 e. The van der Waals surface area contributed by atoms with E-state index in [0.29, 0.717) is 16.4 Å². The Morgan fingerprint density at radius 3 is 2.76 bits per heavy atom. The van der Waals surface area contributed by atoms with Crippen LogP contribution in [0.5, 0.6) is 11.6 Å². The highest BCUT2D eigenvalue weighted by Gasteiger charge is 2.11. The van der Waals surface area contributed by atoms with Crippen molar-refractivity contribution in [2.75, 3.05) is 6.61 Å². The van der Waals surface area contributed by atoms with Crippen LogP contribution >= 0.6 is 11.6 Å². The molecule has 0 atom stereocenters. The fourth-order valence-electron chi connectivity index (χ4n) is 2.29. The van der Waals surface area contributed by atoms with Crippen molar-refractivity contribution in [2.45, 2.75) is 13.8 Å². The molecule has 0 aliphatic carbocycles. The summed E-state index contributed by atoms with van der Waals surface area (Å²) >= 11 is 5.94. The number of rotatable bonds is 4. The number of hydrogen-bond donors (Lipinski definition) is 0. The topological polar surface area (TPSA) is 69.9 Å². The van der Waals surface area contributed by atoms with Crippen molar-refractivity contribution < 1.29 is 14.3 Å². The number of ether oxygens (including phenoxy) is 2. The van der Waals surface area contributed by atoms with Gasteiger partial charge < -0.3 is 9.47 Å². The third-order valence-electron chi connectivity index (χ3n) is 3.57. The van der Waals surface area contributed by atoms with Gasteiger partial charge in [-0.15, -0.1) is 0 Å². The SMILES string of the molecule is Cc1cc(OCC(=O)Oc2cc(=O)n3cccc(C)c3n2)ccc1Cl. The minimum atomic E-state index is -0.655. The van der Waals surface area contributed by atoms with E-state index >= 15 is 0 Å². The molecule has 3 rings (SSSR count). The number of fused-ring (bicyclic) bond motifs is 1. The Bertz CT molecular complexity index is 1010. The summed E-state index contributed by atoms with van der Waals surface area (Å²) in [5.41, 5.74) is 1.75. The molecule has 0 radical (unpaired) electrons. The molecule has 128 valence electrons. The van der Waals surface area contributed by atoms with E-state index in [2.05, 4.69) is 4.98 Å². The minimum Gasteiger partial charge on any atom is -0.482 e. The molecule has 0 aliphatic rings. The van der Waals surface area contributed by atoms with Gasteiger partial charge in [0.15, 0.2) is 6.61 Å². The van der Waals surface area contributed by atoms with E-state index in [1.54, 1.807) is 30.5 Å². The van der Waals surface area contributed by atoms with Crippen molar-refractivity contribution in [3.8, 4) is 11.6 Å². The molecule has 0 amide bonds. The highest BCUT2D eigenvalue weighted by molar-refractivity contribution is 6.31. The minimum absolute atomic E-state index is 0.0554. The number of nitrogens with zero attached hydrogens (tertiary/aromatic N) is 2. The highest BCUT2D eigenvalue weighted by atomic mass is 35.5. The number of aromatic nitrogens is 2. The van der Waals surface area contributed by atoms with E-state index in [9.17, 15) is 9.59 Å². The van der Waals surface area contributed by atoms with Crippen LogP contribution in [-0.2, 0) is 4.79 Å². The molecule has 0 spiro atoms. The van der Waals surface area contributed by atoms with E-state index in [-0.39, 0.29) is 18.0 Å². The molecule has 6 nitrogen and oxygen atoms in total. The summed E-state index contributed by atoms with van der Waals surface area (Å²) in [5, 5.41) is 0.617. The Labute approximate surface area is 148 Å². The Balaban J connectivity index is 1.72. The van der Waals surface area contributed by atoms with E-state index < -0.39 is 5.97 Å². The van der Waals surface area contributed by atoms with Gasteiger partial charge in [-0.1, -0.05) is 17.7 Å². The Kier molecular flexibility index (Phi) is 4.72. The number of aryl methyl sites for hydroxylation is 2. The Morgan fingerprint density at radius 1 is 1.20 bits per heavy atom. The van der Waals surface area contributed by atoms with Crippen molar-refractivity contribution in [2.24, 2.45) is 0 Å². The zero-order valence-electron chi connectivity index (χ0n) is 13.7. The molecule has 0 saturated heterocycles. The smallest absolute Gasteiger partial charge is 0.350 e. The second-order valence-electron chi connectivity index (χ2n) is 5.49. The number of esters is 1. The molecule has 1 aromatic carbocycles. The molecular weight excluding hydrogens is 344 g/mol. The van der Waals surface area contributed by atoms with Crippen LogP contribution in [0.25, 0.3) is 5.65 Å². The number of hydrogen-bond acceptors (Lipinski definition) is 5. The van der Waals surface area contributed by atoms with Gasteiger partial charge in [-0.3, -0.25) is 9.20 Å². The summed E-state index contributed by atoms with van der Waals surface area (Å²) in [6, 6.07) is 9.80. The molecule has 0 aliphatic heterocycles. The normalized spacial score (nSPS) is 10.7. The highest BCUT2D eigenvalue weighted by Crippen LogP contribution is 2.21. The van der Waals surface area contributed by atoms with Gasteiger partial charge in [-0.05, 0) is 49.2 Å². The third-order valence-corrected chi connectivity index (χ3v) is 3.99. The van der Waals surface area contributed by atoms with Crippen molar-refractivity contribution in [1.29, 1.82) is 0 Å². The van der Waals surface area contributed by atoms with Crippen LogP contribution in [0.4, 0.5) is 0 Å². The van der Waals surface area contributed by atoms with Crippen LogP contribution in [0.2, 0.25) is 5.02 Å². The first-order chi connectivity index (χ1) is 11.9. The van der Waals surface area contributed by atoms with Crippen LogP contribution in [0.3, 0.4) is 0 Å². The number of carbonyl (C=O) groups is 1. The molecule has 3 aromatic rings. The van der Waals surface area contributed by atoms with Crippen molar-refractivity contribution >= 4 is 23.2 Å². The van der Waals surface area contributed by atoms with Crippen LogP contribution < -0.4 is 15.0 Å². The first-order valence-electron chi connectivity index (χ1n) is 7.53. The standard InChI is InChI=1S/C18H15ClN2O4/c1-11-4-3-7-21-16(22)9-15(20-18(11)21)25-17(23)10-24-13-5-6-14(19)12(2)8-13/h3-9H,10H2,1-2H3. The van der Waals surface area contributed by atoms with Gasteiger partial charge in [-0.2, -0.15) is 4.98 Å². The van der Waals surface area contributed by atoms with Gasteiger partial charge in [-0.25, -0.2) is 4.79 Å². The van der Waals surface area contributed by atoms with E-state index in [1.807, 2.05) is 19.9 Å². The fraction of sp³-hybridized carbons (Fsp3) is 0.167. The maximum Gasteiger partial charge on any atom is 0.350 e. The van der Waals surface area contributed by atoms with Crippen LogP contribution in [0.1, 0.15) is 11.1 Å². The molecule has 0 bridgehead atoms. The first kappa shape index (κ1) is 17.0. The number of pyridine rings is 1. The lowest BCUT2D eigenvalue weighted by Crippen LogP contribution is -2.21. The first-order valence-corrected chi connectivity index (χ1v) is 7.90. The zero-order valence-corrected chi connectivity index (χ0v) is 14.4. The molecule has 0 N–H and O–H groups in total. The molecule has 0 fully saturated rings. The van der Waals surface area contributed by atoms with Gasteiger partial charge in [0.25, 0.3) is 5.56 Å². The van der Waals surface area contributed by atoms with Crippen LogP contribution in [-0.4, -0.2) is 22.0 Å². The summed E-state index contributed by atoms with van der Waals surface area (Å²) in [6.07, 6.45) is 1.61. The lowest BCUT2D eigenvalue weighted by molar-refractivity contribution is -0.136. The van der Waals surface area contributed by atoms with Gasteiger partial charge >= 0.3 is 5.97 Å². The van der Waals surface area contributed by atoms with Crippen LogP contribution in [0.15, 0.2) is 47.4 Å². The zero-order chi connectivity index (χ0) is 18.0. The lowest BCUT2D eigenvalue weighted by Gasteiger charge is -2.08. The van der Waals surface area contributed by atoms with Gasteiger partial charge in [0.2, 0.25) is 5.88 Å². The monoisotopic (exact) mass is 358 g/mol. The molecular formula is C18H15ClN2O4. The second kappa shape index (κ2) is 6.94. The molecule has 0 saturated carbocycles. The van der Waals surface area contributed by atoms with Crippen molar-refractivity contribution in [1.82, 2.24) is 9.38 Å². The van der Waals surface area contributed by atoms with Gasteiger partial charge in [0, 0.05) is 11.2 Å². The number of halogens is 1. The molecule has 2 heterocycles. The summed E-state index contributed by atoms with van der Waals surface area (Å²) in [7, 11) is 0. The average molecular weight is 359 g/mol. The maximum atomic E-state index is 12.1. The Hall–Kier alpha value is -2.86. The van der Waals surface area contributed by atoms with Crippen LogP contribution in [0, 0.1) is 13.8 Å². The maximum absolute atomic E-state index is 12.1. The molecule has 7 heteroatoms. The quantitative estimate of drug-likeness (QED) is 0.671.